The molecule has 2 amide bonds. The van der Waals surface area contributed by atoms with Gasteiger partial charge >= 0.3 is 12.0 Å². The SMILES string of the molecule is CC1CN(C(=O)NC(C(=O)O)c2cnn(C)c2)CC(C)S1. The minimum Gasteiger partial charge on any atom is -0.479 e. The Bertz CT molecular complexity index is 523. The van der Waals surface area contributed by atoms with Gasteiger partial charge in [0.15, 0.2) is 6.04 Å². The highest BCUT2D eigenvalue weighted by molar-refractivity contribution is 8.00. The summed E-state index contributed by atoms with van der Waals surface area (Å²) in [5, 5.41) is 16.5. The molecule has 0 aromatic carbocycles. The molecule has 0 spiro atoms. The quantitative estimate of drug-likeness (QED) is 0.872. The number of aliphatic carboxylic acids is 1. The van der Waals surface area contributed by atoms with Crippen LogP contribution in [0.25, 0.3) is 0 Å². The number of hydrogen-bond acceptors (Lipinski definition) is 4. The van der Waals surface area contributed by atoms with Crippen LogP contribution in [0.5, 0.6) is 0 Å². The number of carboxylic acid groups (broad SMARTS) is 1. The summed E-state index contributed by atoms with van der Waals surface area (Å²) in [6, 6.07) is -1.42. The monoisotopic (exact) mass is 312 g/mol. The molecular formula is C13H20N4O3S. The van der Waals surface area contributed by atoms with Gasteiger partial charge in [-0.3, -0.25) is 4.68 Å². The normalized spacial score (nSPS) is 23.7. The van der Waals surface area contributed by atoms with Crippen molar-refractivity contribution in [2.24, 2.45) is 7.05 Å². The lowest BCUT2D eigenvalue weighted by Gasteiger charge is -2.35. The smallest absolute Gasteiger partial charge is 0.331 e. The Morgan fingerprint density at radius 3 is 2.52 bits per heavy atom. The van der Waals surface area contributed by atoms with Crippen molar-refractivity contribution in [3.63, 3.8) is 0 Å². The van der Waals surface area contributed by atoms with E-state index in [1.807, 2.05) is 11.8 Å². The van der Waals surface area contributed by atoms with Gasteiger partial charge in [-0.15, -0.1) is 0 Å². The molecule has 1 saturated heterocycles. The van der Waals surface area contributed by atoms with Gasteiger partial charge in [-0.2, -0.15) is 16.9 Å². The molecule has 1 fully saturated rings. The summed E-state index contributed by atoms with van der Waals surface area (Å²) in [5.41, 5.74) is 0.464. The molecule has 7 nitrogen and oxygen atoms in total. The molecule has 2 rings (SSSR count). The van der Waals surface area contributed by atoms with Crippen molar-refractivity contribution in [2.75, 3.05) is 13.1 Å². The molecule has 0 radical (unpaired) electrons. The van der Waals surface area contributed by atoms with Crippen LogP contribution in [0.2, 0.25) is 0 Å². The zero-order chi connectivity index (χ0) is 15.6. The highest BCUT2D eigenvalue weighted by Crippen LogP contribution is 2.25. The molecule has 0 saturated carbocycles. The third-order valence-electron chi connectivity index (χ3n) is 3.28. The van der Waals surface area contributed by atoms with Crippen LogP contribution in [0, 0.1) is 0 Å². The van der Waals surface area contributed by atoms with Crippen molar-refractivity contribution < 1.29 is 14.7 Å². The van der Waals surface area contributed by atoms with E-state index >= 15 is 0 Å². The van der Waals surface area contributed by atoms with Crippen LogP contribution in [0.4, 0.5) is 4.79 Å². The number of carbonyl (C=O) groups excluding carboxylic acids is 1. The summed E-state index contributed by atoms with van der Waals surface area (Å²) in [6.07, 6.45) is 3.05. The van der Waals surface area contributed by atoms with Gasteiger partial charge in [0.25, 0.3) is 0 Å². The number of amides is 2. The molecule has 3 unspecified atom stereocenters. The third kappa shape index (κ3) is 3.90. The van der Waals surface area contributed by atoms with E-state index in [2.05, 4.69) is 24.3 Å². The topological polar surface area (TPSA) is 87.5 Å². The first kappa shape index (κ1) is 15.7. The maximum absolute atomic E-state index is 12.3. The molecule has 21 heavy (non-hydrogen) atoms. The number of aromatic nitrogens is 2. The van der Waals surface area contributed by atoms with Crippen LogP contribution >= 0.6 is 11.8 Å². The van der Waals surface area contributed by atoms with Crippen molar-refractivity contribution in [3.8, 4) is 0 Å². The number of urea groups is 1. The third-order valence-corrected chi connectivity index (χ3v) is 4.51. The molecule has 1 aromatic heterocycles. The molecule has 2 N–H and O–H groups in total. The zero-order valence-corrected chi connectivity index (χ0v) is 13.1. The Balaban J connectivity index is 2.06. The Kier molecular flexibility index (Phi) is 4.76. The minimum atomic E-state index is -1.09. The maximum atomic E-state index is 12.3. The van der Waals surface area contributed by atoms with Crippen molar-refractivity contribution in [1.29, 1.82) is 0 Å². The molecule has 1 aliphatic rings. The second-order valence-electron chi connectivity index (χ2n) is 5.33. The fraction of sp³-hybridized carbons (Fsp3) is 0.615. The predicted octanol–water partition coefficient (Wildman–Crippen LogP) is 1.08. The summed E-state index contributed by atoms with van der Waals surface area (Å²) >= 11 is 1.84. The van der Waals surface area contributed by atoms with E-state index in [-0.39, 0.29) is 6.03 Å². The Labute approximate surface area is 127 Å². The molecular weight excluding hydrogens is 292 g/mol. The fourth-order valence-electron chi connectivity index (χ4n) is 2.44. The van der Waals surface area contributed by atoms with E-state index < -0.39 is 12.0 Å². The van der Waals surface area contributed by atoms with E-state index in [1.54, 1.807) is 18.1 Å². The van der Waals surface area contributed by atoms with Gasteiger partial charge in [-0.25, -0.2) is 9.59 Å². The lowest BCUT2D eigenvalue weighted by molar-refractivity contribution is -0.139. The number of hydrogen-bond donors (Lipinski definition) is 2. The van der Waals surface area contributed by atoms with E-state index in [0.29, 0.717) is 29.2 Å². The number of nitrogens with zero attached hydrogens (tertiary/aromatic N) is 3. The van der Waals surface area contributed by atoms with E-state index in [0.717, 1.165) is 0 Å². The van der Waals surface area contributed by atoms with Gasteiger partial charge in [0.2, 0.25) is 0 Å². The van der Waals surface area contributed by atoms with Crippen molar-refractivity contribution in [3.05, 3.63) is 18.0 Å². The lowest BCUT2D eigenvalue weighted by Crippen LogP contribution is -2.50. The first-order chi connectivity index (χ1) is 9.86. The van der Waals surface area contributed by atoms with E-state index in [9.17, 15) is 14.7 Å². The number of nitrogens with one attached hydrogen (secondary N) is 1. The second-order valence-corrected chi connectivity index (χ2v) is 7.21. The van der Waals surface area contributed by atoms with Gasteiger partial charge in [0, 0.05) is 42.4 Å². The number of carbonyl (C=O) groups is 2. The zero-order valence-electron chi connectivity index (χ0n) is 12.3. The maximum Gasteiger partial charge on any atom is 0.331 e. The molecule has 3 atom stereocenters. The van der Waals surface area contributed by atoms with Gasteiger partial charge in [-0.05, 0) is 0 Å². The molecule has 0 bridgehead atoms. The predicted molar refractivity (Wildman–Crippen MR) is 80.2 cm³/mol. The summed E-state index contributed by atoms with van der Waals surface area (Å²) < 4.78 is 1.51. The van der Waals surface area contributed by atoms with Crippen molar-refractivity contribution in [2.45, 2.75) is 30.4 Å². The van der Waals surface area contributed by atoms with Crippen molar-refractivity contribution >= 4 is 23.8 Å². The van der Waals surface area contributed by atoms with E-state index in [4.69, 9.17) is 0 Å². The molecule has 1 aliphatic heterocycles. The summed E-state index contributed by atoms with van der Waals surface area (Å²) in [5.74, 6) is -1.09. The highest BCUT2D eigenvalue weighted by Gasteiger charge is 2.30. The summed E-state index contributed by atoms with van der Waals surface area (Å²) in [4.78, 5) is 25.4. The second kappa shape index (κ2) is 6.38. The number of aryl methyl sites for hydroxylation is 1. The minimum absolute atomic E-state index is 0.342. The average Bonchev–Trinajstić information content (AvgIpc) is 2.80. The van der Waals surface area contributed by atoms with Gasteiger partial charge < -0.3 is 15.3 Å². The fourth-order valence-corrected chi connectivity index (χ4v) is 3.76. The molecule has 116 valence electrons. The van der Waals surface area contributed by atoms with Crippen LogP contribution in [-0.2, 0) is 11.8 Å². The molecule has 0 aliphatic carbocycles. The summed E-state index contributed by atoms with van der Waals surface area (Å²) in [7, 11) is 1.70. The summed E-state index contributed by atoms with van der Waals surface area (Å²) in [6.45, 7) is 5.38. The van der Waals surface area contributed by atoms with Crippen LogP contribution in [0.3, 0.4) is 0 Å². The Morgan fingerprint density at radius 2 is 2.05 bits per heavy atom. The Morgan fingerprint density at radius 1 is 1.43 bits per heavy atom. The van der Waals surface area contributed by atoms with Gasteiger partial charge in [-0.1, -0.05) is 13.8 Å². The van der Waals surface area contributed by atoms with Gasteiger partial charge in [0.05, 0.1) is 6.20 Å². The number of carboxylic acids is 1. The largest absolute Gasteiger partial charge is 0.479 e. The van der Waals surface area contributed by atoms with Crippen LogP contribution in [-0.4, -0.2) is 55.4 Å². The van der Waals surface area contributed by atoms with Crippen molar-refractivity contribution in [1.82, 2.24) is 20.0 Å². The molecule has 1 aromatic rings. The lowest BCUT2D eigenvalue weighted by atomic mass is 10.1. The molecule has 2 heterocycles. The number of rotatable bonds is 3. The first-order valence-corrected chi connectivity index (χ1v) is 7.73. The van der Waals surface area contributed by atoms with Crippen LogP contribution in [0.1, 0.15) is 25.5 Å². The van der Waals surface area contributed by atoms with Gasteiger partial charge in [0.1, 0.15) is 0 Å². The molecule has 8 heteroatoms. The highest BCUT2D eigenvalue weighted by atomic mass is 32.2. The Hall–Kier alpha value is -1.70. The average molecular weight is 312 g/mol. The standard InChI is InChI=1S/C13H20N4O3S/c1-8-5-17(6-9(2)21-8)13(20)15-11(12(18)19)10-4-14-16(3)7-10/h4,7-9,11H,5-6H2,1-3H3,(H,15,20)(H,18,19). The first-order valence-electron chi connectivity index (χ1n) is 6.79. The van der Waals surface area contributed by atoms with Crippen LogP contribution < -0.4 is 5.32 Å². The number of thioether (sulfide) groups is 1. The van der Waals surface area contributed by atoms with Crippen LogP contribution in [0.15, 0.2) is 12.4 Å². The van der Waals surface area contributed by atoms with E-state index in [1.165, 1.54) is 10.9 Å².